The molecule has 5 nitrogen and oxygen atoms in total. The van der Waals surface area contributed by atoms with Gasteiger partial charge in [0.2, 0.25) is 0 Å². The number of aliphatic imine (C=N–C) groups is 1. The van der Waals surface area contributed by atoms with Crippen molar-refractivity contribution in [2.75, 3.05) is 44.2 Å². The van der Waals surface area contributed by atoms with E-state index < -0.39 is 0 Å². The van der Waals surface area contributed by atoms with Gasteiger partial charge in [-0.1, -0.05) is 0 Å². The quantitative estimate of drug-likeness (QED) is 0.678. The van der Waals surface area contributed by atoms with E-state index in [-0.39, 0.29) is 5.82 Å². The summed E-state index contributed by atoms with van der Waals surface area (Å²) in [6, 6.07) is 6.66. The second-order valence-electron chi connectivity index (χ2n) is 6.47. The van der Waals surface area contributed by atoms with Crippen LogP contribution in [0, 0.1) is 5.82 Å². The van der Waals surface area contributed by atoms with E-state index in [1.807, 2.05) is 12.1 Å². The molecule has 0 bridgehead atoms. The van der Waals surface area contributed by atoms with Crippen LogP contribution in [0.25, 0.3) is 0 Å². The zero-order valence-corrected chi connectivity index (χ0v) is 14.2. The molecule has 0 aromatic heterocycles. The van der Waals surface area contributed by atoms with E-state index >= 15 is 0 Å². The van der Waals surface area contributed by atoms with E-state index in [0.29, 0.717) is 12.1 Å². The predicted octanol–water partition coefficient (Wildman–Crippen LogP) is 2.22. The van der Waals surface area contributed by atoms with Crippen LogP contribution in [0.4, 0.5) is 10.1 Å². The highest BCUT2D eigenvalue weighted by atomic mass is 19.1. The first-order chi connectivity index (χ1) is 11.7. The Morgan fingerprint density at radius 2 is 1.92 bits per heavy atom. The van der Waals surface area contributed by atoms with Crippen LogP contribution < -0.4 is 10.6 Å². The normalized spacial score (nSPS) is 22.7. The van der Waals surface area contributed by atoms with E-state index in [4.69, 9.17) is 10.5 Å². The van der Waals surface area contributed by atoms with Crippen molar-refractivity contribution in [1.29, 1.82) is 0 Å². The Bertz CT molecular complexity index is 534. The lowest BCUT2D eigenvalue weighted by Gasteiger charge is -2.36. The molecule has 1 aromatic carbocycles. The van der Waals surface area contributed by atoms with Crippen LogP contribution in [0.1, 0.15) is 25.7 Å². The van der Waals surface area contributed by atoms with E-state index in [9.17, 15) is 4.39 Å². The zero-order chi connectivity index (χ0) is 16.8. The van der Waals surface area contributed by atoms with Crippen LogP contribution in [-0.4, -0.2) is 56.3 Å². The Balaban J connectivity index is 1.43. The average Bonchev–Trinajstić information content (AvgIpc) is 2.63. The maximum absolute atomic E-state index is 13.0. The Kier molecular flexibility index (Phi) is 5.91. The van der Waals surface area contributed by atoms with Crippen molar-refractivity contribution >= 4 is 11.6 Å². The molecule has 6 heteroatoms. The Hall–Kier alpha value is -1.82. The SMILES string of the molecule is NC(=NCCC1CCCCO1)N1CCN(c2ccc(F)cc2)CC1. The number of ether oxygens (including phenoxy) is 1. The van der Waals surface area contributed by atoms with E-state index in [2.05, 4.69) is 14.8 Å². The van der Waals surface area contributed by atoms with Crippen molar-refractivity contribution in [3.63, 3.8) is 0 Å². The van der Waals surface area contributed by atoms with Gasteiger partial charge in [-0.05, 0) is 49.9 Å². The molecular formula is C18H27FN4O. The Morgan fingerprint density at radius 3 is 2.58 bits per heavy atom. The summed E-state index contributed by atoms with van der Waals surface area (Å²) < 4.78 is 18.7. The topological polar surface area (TPSA) is 54.1 Å². The van der Waals surface area contributed by atoms with Crippen molar-refractivity contribution in [3.8, 4) is 0 Å². The first kappa shape index (κ1) is 17.0. The van der Waals surface area contributed by atoms with Crippen LogP contribution in [-0.2, 0) is 4.74 Å². The third kappa shape index (κ3) is 4.60. The van der Waals surface area contributed by atoms with E-state index in [0.717, 1.165) is 57.9 Å². The van der Waals surface area contributed by atoms with Crippen molar-refractivity contribution in [2.45, 2.75) is 31.8 Å². The highest BCUT2D eigenvalue weighted by Gasteiger charge is 2.19. The van der Waals surface area contributed by atoms with Crippen LogP contribution >= 0.6 is 0 Å². The minimum absolute atomic E-state index is 0.198. The second kappa shape index (κ2) is 8.33. The summed E-state index contributed by atoms with van der Waals surface area (Å²) in [5.74, 6) is 0.431. The summed E-state index contributed by atoms with van der Waals surface area (Å²) in [6.07, 6.45) is 4.89. The molecule has 0 radical (unpaired) electrons. The molecule has 0 saturated carbocycles. The second-order valence-corrected chi connectivity index (χ2v) is 6.47. The number of anilines is 1. The number of hydrogen-bond acceptors (Lipinski definition) is 3. The maximum atomic E-state index is 13.0. The van der Waals surface area contributed by atoms with E-state index in [1.165, 1.54) is 25.0 Å². The number of benzene rings is 1. The lowest BCUT2D eigenvalue weighted by Crippen LogP contribution is -2.51. The third-order valence-electron chi connectivity index (χ3n) is 4.79. The van der Waals surface area contributed by atoms with Gasteiger partial charge in [-0.25, -0.2) is 4.39 Å². The summed E-state index contributed by atoms with van der Waals surface area (Å²) in [6.45, 7) is 5.03. The number of nitrogens with two attached hydrogens (primary N) is 1. The fourth-order valence-electron chi connectivity index (χ4n) is 3.30. The Morgan fingerprint density at radius 1 is 1.17 bits per heavy atom. The van der Waals surface area contributed by atoms with Crippen molar-refractivity contribution in [2.24, 2.45) is 10.7 Å². The molecular weight excluding hydrogens is 307 g/mol. The minimum atomic E-state index is -0.198. The molecule has 1 atom stereocenters. The minimum Gasteiger partial charge on any atom is -0.378 e. The molecule has 2 saturated heterocycles. The summed E-state index contributed by atoms with van der Waals surface area (Å²) in [7, 11) is 0. The summed E-state index contributed by atoms with van der Waals surface area (Å²) in [4.78, 5) is 8.90. The van der Waals surface area contributed by atoms with Gasteiger partial charge in [0.05, 0.1) is 6.10 Å². The lowest BCUT2D eigenvalue weighted by atomic mass is 10.1. The lowest BCUT2D eigenvalue weighted by molar-refractivity contribution is 0.0129. The van der Waals surface area contributed by atoms with Crippen LogP contribution in [0.2, 0.25) is 0 Å². The van der Waals surface area contributed by atoms with Gasteiger partial charge in [0, 0.05) is 45.0 Å². The van der Waals surface area contributed by atoms with Crippen LogP contribution in [0.15, 0.2) is 29.3 Å². The standard InChI is InChI=1S/C18H27FN4O/c19-15-4-6-16(7-5-15)22-10-12-23(13-11-22)18(20)21-9-8-17-3-1-2-14-24-17/h4-7,17H,1-3,8-14H2,(H2,20,21). The summed E-state index contributed by atoms with van der Waals surface area (Å²) in [5, 5.41) is 0. The van der Waals surface area contributed by atoms with Crippen molar-refractivity contribution in [3.05, 3.63) is 30.1 Å². The molecule has 2 N–H and O–H groups in total. The number of guanidine groups is 1. The molecule has 0 spiro atoms. The zero-order valence-electron chi connectivity index (χ0n) is 14.2. The highest BCUT2D eigenvalue weighted by Crippen LogP contribution is 2.17. The molecule has 1 unspecified atom stereocenters. The molecule has 24 heavy (non-hydrogen) atoms. The molecule has 0 aliphatic carbocycles. The van der Waals surface area contributed by atoms with Crippen LogP contribution in [0.3, 0.4) is 0 Å². The Labute approximate surface area is 143 Å². The van der Waals surface area contributed by atoms with E-state index in [1.54, 1.807) is 0 Å². The number of piperazine rings is 1. The number of hydrogen-bond donors (Lipinski definition) is 1. The number of halogens is 1. The maximum Gasteiger partial charge on any atom is 0.191 e. The molecule has 2 aliphatic rings. The molecule has 132 valence electrons. The molecule has 2 aliphatic heterocycles. The van der Waals surface area contributed by atoms with Gasteiger partial charge in [-0.2, -0.15) is 0 Å². The van der Waals surface area contributed by atoms with Gasteiger partial charge < -0.3 is 20.3 Å². The molecule has 1 aromatic rings. The van der Waals surface area contributed by atoms with Crippen molar-refractivity contribution < 1.29 is 9.13 Å². The smallest absolute Gasteiger partial charge is 0.191 e. The predicted molar refractivity (Wildman–Crippen MR) is 94.9 cm³/mol. The van der Waals surface area contributed by atoms with Gasteiger partial charge in [0.25, 0.3) is 0 Å². The third-order valence-corrected chi connectivity index (χ3v) is 4.79. The van der Waals surface area contributed by atoms with Gasteiger partial charge in [0.1, 0.15) is 5.82 Å². The van der Waals surface area contributed by atoms with Gasteiger partial charge >= 0.3 is 0 Å². The fraction of sp³-hybridized carbons (Fsp3) is 0.611. The van der Waals surface area contributed by atoms with Gasteiger partial charge in [-0.15, -0.1) is 0 Å². The molecule has 2 fully saturated rings. The number of rotatable bonds is 4. The molecule has 0 amide bonds. The fourth-order valence-corrected chi connectivity index (χ4v) is 3.30. The summed E-state index contributed by atoms with van der Waals surface area (Å²) in [5.41, 5.74) is 7.19. The van der Waals surface area contributed by atoms with Gasteiger partial charge in [-0.3, -0.25) is 4.99 Å². The number of nitrogens with zero attached hydrogens (tertiary/aromatic N) is 3. The molecule has 2 heterocycles. The average molecular weight is 334 g/mol. The first-order valence-corrected chi connectivity index (χ1v) is 8.89. The summed E-state index contributed by atoms with van der Waals surface area (Å²) >= 11 is 0. The first-order valence-electron chi connectivity index (χ1n) is 8.89. The largest absolute Gasteiger partial charge is 0.378 e. The van der Waals surface area contributed by atoms with Gasteiger partial charge in [0.15, 0.2) is 5.96 Å². The van der Waals surface area contributed by atoms with Crippen molar-refractivity contribution in [1.82, 2.24) is 4.90 Å². The monoisotopic (exact) mass is 334 g/mol. The van der Waals surface area contributed by atoms with Crippen LogP contribution in [0.5, 0.6) is 0 Å². The molecule has 3 rings (SSSR count). The highest BCUT2D eigenvalue weighted by molar-refractivity contribution is 5.78.